The van der Waals surface area contributed by atoms with Crippen LogP contribution in [0, 0.1) is 0 Å². The van der Waals surface area contributed by atoms with Crippen LogP contribution in [0.1, 0.15) is 5.76 Å². The number of carbonyl (C=O) groups is 1. The van der Waals surface area contributed by atoms with E-state index in [0.29, 0.717) is 22.2 Å². The average Bonchev–Trinajstić information content (AvgIpc) is 3.01. The van der Waals surface area contributed by atoms with Gasteiger partial charge in [-0.3, -0.25) is 4.79 Å². The highest BCUT2D eigenvalue weighted by Gasteiger charge is 2.24. The zero-order valence-corrected chi connectivity index (χ0v) is 12.0. The van der Waals surface area contributed by atoms with Crippen molar-refractivity contribution in [3.05, 3.63) is 52.9 Å². The van der Waals surface area contributed by atoms with Gasteiger partial charge in [0.25, 0.3) is 5.91 Å². The Morgan fingerprint density at radius 2 is 1.95 bits per heavy atom. The SMILES string of the molecule is CN1C(=Cc2ccc(-c3ccc(Cl)cc3)o2)C(=O)N=C1N. The van der Waals surface area contributed by atoms with Gasteiger partial charge >= 0.3 is 0 Å². The zero-order valence-electron chi connectivity index (χ0n) is 11.2. The second kappa shape index (κ2) is 5.10. The van der Waals surface area contributed by atoms with E-state index in [9.17, 15) is 4.79 Å². The molecule has 0 saturated heterocycles. The summed E-state index contributed by atoms with van der Waals surface area (Å²) in [5.74, 6) is 1.05. The molecule has 1 aromatic heterocycles. The summed E-state index contributed by atoms with van der Waals surface area (Å²) in [4.78, 5) is 16.9. The van der Waals surface area contributed by atoms with E-state index in [2.05, 4.69) is 4.99 Å². The predicted molar refractivity (Wildman–Crippen MR) is 81.5 cm³/mol. The van der Waals surface area contributed by atoms with E-state index in [1.807, 2.05) is 18.2 Å². The van der Waals surface area contributed by atoms with Crippen LogP contribution in [0.15, 0.2) is 51.5 Å². The summed E-state index contributed by atoms with van der Waals surface area (Å²) in [6, 6.07) is 10.9. The fourth-order valence-corrected chi connectivity index (χ4v) is 2.12. The molecule has 0 atom stereocenters. The van der Waals surface area contributed by atoms with Gasteiger partial charge in [0, 0.05) is 23.7 Å². The van der Waals surface area contributed by atoms with Crippen molar-refractivity contribution in [3.8, 4) is 11.3 Å². The Kier molecular flexibility index (Phi) is 3.27. The number of halogens is 1. The first-order chi connectivity index (χ1) is 10.0. The molecule has 106 valence electrons. The number of carbonyl (C=O) groups excluding carboxylic acids is 1. The molecule has 2 N–H and O–H groups in total. The Morgan fingerprint density at radius 3 is 2.57 bits per heavy atom. The van der Waals surface area contributed by atoms with Crippen LogP contribution in [-0.2, 0) is 4.79 Å². The molecule has 0 fully saturated rings. The van der Waals surface area contributed by atoms with Crippen LogP contribution in [0.4, 0.5) is 0 Å². The molecule has 0 saturated carbocycles. The Balaban J connectivity index is 1.89. The van der Waals surface area contributed by atoms with Crippen LogP contribution < -0.4 is 5.73 Å². The highest BCUT2D eigenvalue weighted by Crippen LogP contribution is 2.25. The van der Waals surface area contributed by atoms with Crippen LogP contribution >= 0.6 is 11.6 Å². The van der Waals surface area contributed by atoms with E-state index in [1.165, 1.54) is 4.90 Å². The van der Waals surface area contributed by atoms with Gasteiger partial charge in [-0.15, -0.1) is 0 Å². The quantitative estimate of drug-likeness (QED) is 0.866. The van der Waals surface area contributed by atoms with Crippen molar-refractivity contribution in [1.29, 1.82) is 0 Å². The van der Waals surface area contributed by atoms with Crippen molar-refractivity contribution >= 4 is 29.5 Å². The molecule has 5 nitrogen and oxygen atoms in total. The van der Waals surface area contributed by atoms with E-state index in [-0.39, 0.29) is 11.9 Å². The third kappa shape index (κ3) is 2.55. The number of furan rings is 1. The van der Waals surface area contributed by atoms with Gasteiger partial charge in [-0.05, 0) is 36.4 Å². The summed E-state index contributed by atoms with van der Waals surface area (Å²) in [6.07, 6.45) is 1.62. The number of nitrogens with two attached hydrogens (primary N) is 1. The van der Waals surface area contributed by atoms with Gasteiger partial charge in [-0.1, -0.05) is 11.6 Å². The predicted octanol–water partition coefficient (Wildman–Crippen LogP) is 2.73. The molecule has 0 radical (unpaired) electrons. The summed E-state index contributed by atoms with van der Waals surface area (Å²) in [5.41, 5.74) is 6.88. The standard InChI is InChI=1S/C15H12ClN3O2/c1-19-12(14(20)18-15(19)17)8-11-6-7-13(21-11)9-2-4-10(16)5-3-9/h2-8H,1H3,(H2,17,18,20). The maximum absolute atomic E-state index is 11.7. The molecular weight excluding hydrogens is 290 g/mol. The van der Waals surface area contributed by atoms with Gasteiger partial charge in [-0.25, -0.2) is 0 Å². The van der Waals surface area contributed by atoms with Gasteiger partial charge in [0.2, 0.25) is 5.96 Å². The minimum absolute atomic E-state index is 0.177. The molecule has 0 unspecified atom stereocenters. The van der Waals surface area contributed by atoms with E-state index >= 15 is 0 Å². The van der Waals surface area contributed by atoms with Crippen molar-refractivity contribution in [2.45, 2.75) is 0 Å². The maximum Gasteiger partial charge on any atom is 0.297 e. The molecule has 21 heavy (non-hydrogen) atoms. The van der Waals surface area contributed by atoms with Crippen LogP contribution in [0.5, 0.6) is 0 Å². The molecule has 1 aromatic carbocycles. The third-order valence-corrected chi connectivity index (χ3v) is 3.43. The van der Waals surface area contributed by atoms with Crippen molar-refractivity contribution < 1.29 is 9.21 Å². The summed E-state index contributed by atoms with van der Waals surface area (Å²) < 4.78 is 5.71. The van der Waals surface area contributed by atoms with Crippen molar-refractivity contribution in [1.82, 2.24) is 4.90 Å². The van der Waals surface area contributed by atoms with Crippen LogP contribution in [-0.4, -0.2) is 23.8 Å². The zero-order chi connectivity index (χ0) is 15.0. The van der Waals surface area contributed by atoms with Crippen LogP contribution in [0.3, 0.4) is 0 Å². The Hall–Kier alpha value is -2.53. The molecule has 1 amide bonds. The Labute approximate surface area is 126 Å². The monoisotopic (exact) mass is 301 g/mol. The minimum Gasteiger partial charge on any atom is -0.457 e. The lowest BCUT2D eigenvalue weighted by Crippen LogP contribution is -2.28. The summed E-state index contributed by atoms with van der Waals surface area (Å²) in [6.45, 7) is 0. The number of guanidine groups is 1. The number of amides is 1. The summed E-state index contributed by atoms with van der Waals surface area (Å²) in [7, 11) is 1.68. The van der Waals surface area contributed by atoms with Gasteiger partial charge < -0.3 is 15.1 Å². The molecule has 3 rings (SSSR count). The molecule has 2 heterocycles. The molecule has 2 aromatic rings. The first kappa shape index (κ1) is 13.5. The molecule has 0 bridgehead atoms. The molecule has 0 spiro atoms. The summed E-state index contributed by atoms with van der Waals surface area (Å²) >= 11 is 5.86. The van der Waals surface area contributed by atoms with Gasteiger partial charge in [0.05, 0.1) is 0 Å². The molecular formula is C15H12ClN3O2. The first-order valence-corrected chi connectivity index (χ1v) is 6.62. The number of aliphatic imine (C=N–C) groups is 1. The van der Waals surface area contributed by atoms with Crippen LogP contribution in [0.2, 0.25) is 5.02 Å². The lowest BCUT2D eigenvalue weighted by molar-refractivity contribution is -0.114. The number of nitrogens with zero attached hydrogens (tertiary/aromatic N) is 2. The lowest BCUT2D eigenvalue weighted by Gasteiger charge is -2.10. The molecule has 1 aliphatic rings. The van der Waals surface area contributed by atoms with Gasteiger partial charge in [0.1, 0.15) is 17.2 Å². The smallest absolute Gasteiger partial charge is 0.297 e. The highest BCUT2D eigenvalue weighted by atomic mass is 35.5. The lowest BCUT2D eigenvalue weighted by atomic mass is 10.2. The second-order valence-corrected chi connectivity index (χ2v) is 5.01. The fraction of sp³-hybridized carbons (Fsp3) is 0.0667. The largest absolute Gasteiger partial charge is 0.457 e. The normalized spacial score (nSPS) is 16.7. The minimum atomic E-state index is -0.376. The first-order valence-electron chi connectivity index (χ1n) is 6.24. The van der Waals surface area contributed by atoms with Gasteiger partial charge in [-0.2, -0.15) is 4.99 Å². The highest BCUT2D eigenvalue weighted by molar-refractivity contribution is 6.30. The number of hydrogen-bond acceptors (Lipinski definition) is 4. The van der Waals surface area contributed by atoms with E-state index in [0.717, 1.165) is 5.56 Å². The van der Waals surface area contributed by atoms with E-state index in [4.69, 9.17) is 21.8 Å². The number of rotatable bonds is 2. The average molecular weight is 302 g/mol. The number of benzene rings is 1. The molecule has 0 aliphatic carbocycles. The molecule has 1 aliphatic heterocycles. The van der Waals surface area contributed by atoms with Crippen LogP contribution in [0.25, 0.3) is 17.4 Å². The topological polar surface area (TPSA) is 71.8 Å². The van der Waals surface area contributed by atoms with E-state index in [1.54, 1.807) is 31.3 Å². The van der Waals surface area contributed by atoms with Crippen molar-refractivity contribution in [2.24, 2.45) is 10.7 Å². The fourth-order valence-electron chi connectivity index (χ4n) is 2.00. The Morgan fingerprint density at radius 1 is 1.24 bits per heavy atom. The van der Waals surface area contributed by atoms with Crippen molar-refractivity contribution in [2.75, 3.05) is 7.05 Å². The number of hydrogen-bond donors (Lipinski definition) is 1. The van der Waals surface area contributed by atoms with E-state index < -0.39 is 0 Å². The van der Waals surface area contributed by atoms with Gasteiger partial charge in [0.15, 0.2) is 0 Å². The number of likely N-dealkylation sites (N-methyl/N-ethyl adjacent to an activating group) is 1. The third-order valence-electron chi connectivity index (χ3n) is 3.17. The van der Waals surface area contributed by atoms with Crippen molar-refractivity contribution in [3.63, 3.8) is 0 Å². The summed E-state index contributed by atoms with van der Waals surface area (Å²) in [5, 5.41) is 0.665. The maximum atomic E-state index is 11.7. The molecule has 6 heteroatoms. The Bertz CT molecular complexity index is 759. The second-order valence-electron chi connectivity index (χ2n) is 4.57.